The summed E-state index contributed by atoms with van der Waals surface area (Å²) < 4.78 is 1.76. The van der Waals surface area contributed by atoms with Gasteiger partial charge in [0.15, 0.2) is 5.82 Å². The summed E-state index contributed by atoms with van der Waals surface area (Å²) in [6.07, 6.45) is 0. The van der Waals surface area contributed by atoms with Crippen molar-refractivity contribution in [2.75, 3.05) is 6.54 Å². The summed E-state index contributed by atoms with van der Waals surface area (Å²) in [5.41, 5.74) is 6.56. The van der Waals surface area contributed by atoms with E-state index in [9.17, 15) is 0 Å². The summed E-state index contributed by atoms with van der Waals surface area (Å²) in [6.45, 7) is 2.76. The second-order valence-electron chi connectivity index (χ2n) is 3.70. The number of para-hydroxylation sites is 1. The van der Waals surface area contributed by atoms with Crippen molar-refractivity contribution < 1.29 is 0 Å². The van der Waals surface area contributed by atoms with Gasteiger partial charge < -0.3 is 5.73 Å². The molecular formula is C11H15N5S. The Morgan fingerprint density at radius 3 is 2.82 bits per heavy atom. The SMILES string of the molecule is CC(CN)SCc1nnnn1-c1ccccc1. The van der Waals surface area contributed by atoms with Crippen LogP contribution in [0.5, 0.6) is 0 Å². The van der Waals surface area contributed by atoms with Crippen LogP contribution in [-0.2, 0) is 5.75 Å². The van der Waals surface area contributed by atoms with Crippen molar-refractivity contribution >= 4 is 11.8 Å². The minimum absolute atomic E-state index is 0.413. The Labute approximate surface area is 104 Å². The van der Waals surface area contributed by atoms with Crippen molar-refractivity contribution in [3.8, 4) is 5.69 Å². The van der Waals surface area contributed by atoms with Gasteiger partial charge in [-0.1, -0.05) is 25.1 Å². The lowest BCUT2D eigenvalue weighted by molar-refractivity contribution is 0.777. The van der Waals surface area contributed by atoms with Crippen LogP contribution in [0.1, 0.15) is 12.7 Å². The lowest BCUT2D eigenvalue weighted by atomic mass is 10.3. The second kappa shape index (κ2) is 5.79. The molecule has 0 saturated carbocycles. The van der Waals surface area contributed by atoms with E-state index < -0.39 is 0 Å². The summed E-state index contributed by atoms with van der Waals surface area (Å²) in [5, 5.41) is 12.2. The number of nitrogens with two attached hydrogens (primary N) is 1. The van der Waals surface area contributed by atoms with Crippen LogP contribution in [0, 0.1) is 0 Å². The number of nitrogens with zero attached hydrogens (tertiary/aromatic N) is 4. The average Bonchev–Trinajstić information content (AvgIpc) is 2.85. The molecule has 90 valence electrons. The molecule has 0 saturated heterocycles. The van der Waals surface area contributed by atoms with Crippen LogP contribution in [0.25, 0.3) is 5.69 Å². The predicted molar refractivity (Wildman–Crippen MR) is 69.0 cm³/mol. The molecule has 1 atom stereocenters. The van der Waals surface area contributed by atoms with Crippen LogP contribution in [0.4, 0.5) is 0 Å². The van der Waals surface area contributed by atoms with Crippen molar-refractivity contribution in [2.24, 2.45) is 5.73 Å². The molecule has 1 heterocycles. The Kier molecular flexibility index (Phi) is 4.11. The Bertz CT molecular complexity index is 456. The largest absolute Gasteiger partial charge is 0.329 e. The maximum atomic E-state index is 5.58. The van der Waals surface area contributed by atoms with E-state index in [0.717, 1.165) is 17.3 Å². The summed E-state index contributed by atoms with van der Waals surface area (Å²) in [5.74, 6) is 1.61. The fourth-order valence-electron chi connectivity index (χ4n) is 1.35. The molecule has 2 rings (SSSR count). The summed E-state index contributed by atoms with van der Waals surface area (Å²) in [4.78, 5) is 0. The van der Waals surface area contributed by atoms with Gasteiger partial charge >= 0.3 is 0 Å². The number of aromatic nitrogens is 4. The zero-order valence-electron chi connectivity index (χ0n) is 9.65. The zero-order chi connectivity index (χ0) is 12.1. The van der Waals surface area contributed by atoms with E-state index in [1.165, 1.54) is 0 Å². The molecule has 1 unspecified atom stereocenters. The minimum atomic E-state index is 0.413. The Hall–Kier alpha value is -1.40. The van der Waals surface area contributed by atoms with Gasteiger partial charge in [0.1, 0.15) is 0 Å². The predicted octanol–water partition coefficient (Wildman–Crippen LogP) is 1.24. The van der Waals surface area contributed by atoms with E-state index in [-0.39, 0.29) is 0 Å². The third-order valence-corrected chi connectivity index (χ3v) is 3.55. The minimum Gasteiger partial charge on any atom is -0.329 e. The van der Waals surface area contributed by atoms with Crippen LogP contribution in [-0.4, -0.2) is 32.0 Å². The highest BCUT2D eigenvalue weighted by Crippen LogP contribution is 2.16. The maximum Gasteiger partial charge on any atom is 0.166 e. The Morgan fingerprint density at radius 1 is 1.35 bits per heavy atom. The van der Waals surface area contributed by atoms with Gasteiger partial charge in [-0.2, -0.15) is 4.68 Å². The van der Waals surface area contributed by atoms with Gasteiger partial charge in [-0.15, -0.1) is 16.9 Å². The van der Waals surface area contributed by atoms with Crippen molar-refractivity contribution in [1.82, 2.24) is 20.2 Å². The molecule has 6 heteroatoms. The standard InChI is InChI=1S/C11H15N5S/c1-9(7-12)17-8-11-13-14-15-16(11)10-5-3-2-4-6-10/h2-6,9H,7-8,12H2,1H3. The van der Waals surface area contributed by atoms with Gasteiger partial charge in [0, 0.05) is 11.8 Å². The molecule has 0 aliphatic rings. The molecule has 0 radical (unpaired) electrons. The number of tetrazole rings is 1. The van der Waals surface area contributed by atoms with Crippen LogP contribution in [0.15, 0.2) is 30.3 Å². The molecule has 1 aromatic heterocycles. The number of hydrogen-bond donors (Lipinski definition) is 1. The molecule has 5 nitrogen and oxygen atoms in total. The third kappa shape index (κ3) is 3.04. The first-order chi connectivity index (χ1) is 8.31. The summed E-state index contributed by atoms with van der Waals surface area (Å²) in [6, 6.07) is 9.87. The van der Waals surface area contributed by atoms with Crippen molar-refractivity contribution in [3.63, 3.8) is 0 Å². The van der Waals surface area contributed by atoms with Crippen LogP contribution >= 0.6 is 11.8 Å². The van der Waals surface area contributed by atoms with Gasteiger partial charge in [-0.25, -0.2) is 0 Å². The highest BCUT2D eigenvalue weighted by Gasteiger charge is 2.09. The normalized spacial score (nSPS) is 12.6. The number of thioether (sulfide) groups is 1. The van der Waals surface area contributed by atoms with E-state index in [1.54, 1.807) is 16.4 Å². The molecule has 17 heavy (non-hydrogen) atoms. The van der Waals surface area contributed by atoms with Crippen LogP contribution in [0.3, 0.4) is 0 Å². The first-order valence-electron chi connectivity index (χ1n) is 5.45. The van der Waals surface area contributed by atoms with E-state index in [1.807, 2.05) is 30.3 Å². The van der Waals surface area contributed by atoms with Crippen LogP contribution < -0.4 is 5.73 Å². The molecular weight excluding hydrogens is 234 g/mol. The molecule has 2 N–H and O–H groups in total. The van der Waals surface area contributed by atoms with Crippen molar-refractivity contribution in [2.45, 2.75) is 17.9 Å². The number of rotatable bonds is 5. The molecule has 0 bridgehead atoms. The van der Waals surface area contributed by atoms with Crippen LogP contribution in [0.2, 0.25) is 0 Å². The van der Waals surface area contributed by atoms with Gasteiger partial charge in [0.2, 0.25) is 0 Å². The molecule has 0 amide bonds. The summed E-state index contributed by atoms with van der Waals surface area (Å²) in [7, 11) is 0. The highest BCUT2D eigenvalue weighted by molar-refractivity contribution is 7.99. The maximum absolute atomic E-state index is 5.58. The lowest BCUT2D eigenvalue weighted by Gasteiger charge is -2.07. The quantitative estimate of drug-likeness (QED) is 0.863. The van der Waals surface area contributed by atoms with E-state index >= 15 is 0 Å². The molecule has 1 aromatic carbocycles. The van der Waals surface area contributed by atoms with E-state index in [4.69, 9.17) is 5.73 Å². The highest BCUT2D eigenvalue weighted by atomic mass is 32.2. The fourth-order valence-corrected chi connectivity index (χ4v) is 2.10. The monoisotopic (exact) mass is 249 g/mol. The van der Waals surface area contributed by atoms with Gasteiger partial charge in [-0.05, 0) is 22.6 Å². The molecule has 2 aromatic rings. The lowest BCUT2D eigenvalue weighted by Crippen LogP contribution is -2.13. The van der Waals surface area contributed by atoms with E-state index in [0.29, 0.717) is 11.8 Å². The third-order valence-electron chi connectivity index (χ3n) is 2.36. The molecule has 0 spiro atoms. The summed E-state index contributed by atoms with van der Waals surface area (Å²) >= 11 is 1.75. The van der Waals surface area contributed by atoms with Gasteiger partial charge in [0.05, 0.1) is 11.4 Å². The molecule has 0 aliphatic carbocycles. The average molecular weight is 249 g/mol. The van der Waals surface area contributed by atoms with E-state index in [2.05, 4.69) is 22.4 Å². The van der Waals surface area contributed by atoms with Crippen molar-refractivity contribution in [3.05, 3.63) is 36.2 Å². The smallest absolute Gasteiger partial charge is 0.166 e. The first-order valence-corrected chi connectivity index (χ1v) is 6.50. The van der Waals surface area contributed by atoms with Gasteiger partial charge in [0.25, 0.3) is 0 Å². The van der Waals surface area contributed by atoms with Crippen molar-refractivity contribution in [1.29, 1.82) is 0 Å². The number of benzene rings is 1. The topological polar surface area (TPSA) is 69.6 Å². The van der Waals surface area contributed by atoms with Gasteiger partial charge in [-0.3, -0.25) is 0 Å². The molecule has 0 aliphatic heterocycles. The first kappa shape index (κ1) is 12.1. The fraction of sp³-hybridized carbons (Fsp3) is 0.364. The molecule has 0 fully saturated rings. The zero-order valence-corrected chi connectivity index (χ0v) is 10.5. The Morgan fingerprint density at radius 2 is 2.12 bits per heavy atom. The number of hydrogen-bond acceptors (Lipinski definition) is 5. The second-order valence-corrected chi connectivity index (χ2v) is 5.13. The Balaban J connectivity index is 2.12.